The van der Waals surface area contributed by atoms with Gasteiger partial charge in [0.15, 0.2) is 0 Å². The van der Waals surface area contributed by atoms with Crippen molar-refractivity contribution >= 4 is 11.8 Å². The minimum Gasteiger partial charge on any atom is -0.469 e. The van der Waals surface area contributed by atoms with Gasteiger partial charge in [0.1, 0.15) is 5.78 Å². The van der Waals surface area contributed by atoms with E-state index in [4.69, 9.17) is 4.74 Å². The summed E-state index contributed by atoms with van der Waals surface area (Å²) in [7, 11) is 1.36. The second kappa shape index (κ2) is 5.00. The highest BCUT2D eigenvalue weighted by Crippen LogP contribution is 2.32. The van der Waals surface area contributed by atoms with Gasteiger partial charge in [0, 0.05) is 6.42 Å². The number of esters is 1. The van der Waals surface area contributed by atoms with Crippen LogP contribution in [0.15, 0.2) is 0 Å². The van der Waals surface area contributed by atoms with Gasteiger partial charge in [0.2, 0.25) is 0 Å². The molecule has 0 saturated heterocycles. The predicted molar refractivity (Wildman–Crippen MR) is 50.3 cm³/mol. The van der Waals surface area contributed by atoms with Gasteiger partial charge >= 0.3 is 5.97 Å². The van der Waals surface area contributed by atoms with Crippen LogP contribution in [0.3, 0.4) is 0 Å². The van der Waals surface area contributed by atoms with Crippen LogP contribution in [0.2, 0.25) is 0 Å². The number of ether oxygens (including phenoxy) is 1. The molecular weight excluding hydrogens is 168 g/mol. The zero-order chi connectivity index (χ0) is 10.5. The van der Waals surface area contributed by atoms with Crippen molar-refractivity contribution in [3.63, 3.8) is 0 Å². The molecule has 0 unspecified atom stereocenters. The predicted octanol–water partition coefficient (Wildman–Crippen LogP) is 1.94. The fourth-order valence-electron chi connectivity index (χ4n) is 1.55. The third-order valence-corrected chi connectivity index (χ3v) is 2.56. The minimum atomic E-state index is -0.597. The van der Waals surface area contributed by atoms with Crippen molar-refractivity contribution in [2.75, 3.05) is 7.11 Å². The second-order valence-corrected chi connectivity index (χ2v) is 3.36. The molecule has 0 fully saturated rings. The molecule has 0 heterocycles. The Labute approximate surface area is 79.5 Å². The van der Waals surface area contributed by atoms with E-state index in [1.165, 1.54) is 14.0 Å². The first kappa shape index (κ1) is 12.1. The van der Waals surface area contributed by atoms with Gasteiger partial charge in [-0.2, -0.15) is 0 Å². The number of carbonyl (C=O) groups is 2. The van der Waals surface area contributed by atoms with E-state index in [-0.39, 0.29) is 18.2 Å². The molecule has 0 aromatic carbocycles. The lowest BCUT2D eigenvalue weighted by molar-refractivity contribution is -0.155. The lowest BCUT2D eigenvalue weighted by Crippen LogP contribution is -2.33. The Kier molecular flexibility index (Phi) is 4.67. The van der Waals surface area contributed by atoms with Gasteiger partial charge in [-0.3, -0.25) is 9.59 Å². The minimum absolute atomic E-state index is 0.0362. The van der Waals surface area contributed by atoms with Crippen molar-refractivity contribution in [1.29, 1.82) is 0 Å². The van der Waals surface area contributed by atoms with Crippen molar-refractivity contribution in [2.24, 2.45) is 5.41 Å². The fraction of sp³-hybridized carbons (Fsp3) is 0.800. The van der Waals surface area contributed by atoms with Crippen LogP contribution < -0.4 is 0 Å². The summed E-state index contributed by atoms with van der Waals surface area (Å²) in [6.45, 7) is 5.32. The summed E-state index contributed by atoms with van der Waals surface area (Å²) in [6.07, 6.45) is 1.58. The number of Topliss-reactive ketones (excluding diaryl/α,β-unsaturated/α-hetero) is 1. The van der Waals surface area contributed by atoms with Crippen molar-refractivity contribution in [3.8, 4) is 0 Å². The molecule has 76 valence electrons. The van der Waals surface area contributed by atoms with Crippen molar-refractivity contribution in [1.82, 2.24) is 0 Å². The molecule has 0 aliphatic carbocycles. The van der Waals surface area contributed by atoms with Gasteiger partial charge in [0.25, 0.3) is 0 Å². The maximum Gasteiger partial charge on any atom is 0.312 e. The van der Waals surface area contributed by atoms with E-state index >= 15 is 0 Å². The maximum atomic E-state index is 11.5. The first-order chi connectivity index (χ1) is 6.02. The van der Waals surface area contributed by atoms with E-state index in [1.807, 2.05) is 13.8 Å². The molecule has 3 nitrogen and oxygen atoms in total. The standard InChI is InChI=1S/C10H18O3/c1-5-10(6-2,7-8(3)11)9(12)13-4/h5-7H2,1-4H3. The first-order valence-corrected chi connectivity index (χ1v) is 4.60. The normalized spacial score (nSPS) is 11.1. The molecule has 13 heavy (non-hydrogen) atoms. The molecule has 0 saturated carbocycles. The average molecular weight is 186 g/mol. The van der Waals surface area contributed by atoms with Gasteiger partial charge in [0.05, 0.1) is 12.5 Å². The molecular formula is C10H18O3. The van der Waals surface area contributed by atoms with Crippen LogP contribution in [0.5, 0.6) is 0 Å². The van der Waals surface area contributed by atoms with Gasteiger partial charge in [-0.25, -0.2) is 0 Å². The number of rotatable bonds is 5. The smallest absolute Gasteiger partial charge is 0.312 e. The third kappa shape index (κ3) is 2.83. The zero-order valence-corrected chi connectivity index (χ0v) is 8.85. The zero-order valence-electron chi connectivity index (χ0n) is 8.85. The van der Waals surface area contributed by atoms with Gasteiger partial charge in [-0.15, -0.1) is 0 Å². The highest BCUT2D eigenvalue weighted by atomic mass is 16.5. The van der Waals surface area contributed by atoms with E-state index in [1.54, 1.807) is 0 Å². The highest BCUT2D eigenvalue weighted by molar-refractivity contribution is 5.85. The summed E-state index contributed by atoms with van der Waals surface area (Å²) in [5.41, 5.74) is -0.597. The van der Waals surface area contributed by atoms with E-state index in [2.05, 4.69) is 0 Å². The van der Waals surface area contributed by atoms with Crippen LogP contribution in [0, 0.1) is 5.41 Å². The lowest BCUT2D eigenvalue weighted by atomic mass is 9.78. The number of methoxy groups -OCH3 is 1. The third-order valence-electron chi connectivity index (χ3n) is 2.56. The van der Waals surface area contributed by atoms with Crippen LogP contribution in [0.1, 0.15) is 40.0 Å². The molecule has 0 amide bonds. The SMILES string of the molecule is CCC(CC)(CC(C)=O)C(=O)OC. The van der Waals surface area contributed by atoms with Crippen LogP contribution in [0.4, 0.5) is 0 Å². The lowest BCUT2D eigenvalue weighted by Gasteiger charge is -2.27. The van der Waals surface area contributed by atoms with E-state index in [9.17, 15) is 9.59 Å². The molecule has 0 spiro atoms. The average Bonchev–Trinajstić information content (AvgIpc) is 2.12. The number of hydrogen-bond donors (Lipinski definition) is 0. The molecule has 0 aromatic rings. The monoisotopic (exact) mass is 186 g/mol. The van der Waals surface area contributed by atoms with Crippen molar-refractivity contribution in [2.45, 2.75) is 40.0 Å². The summed E-state index contributed by atoms with van der Waals surface area (Å²) < 4.78 is 4.71. The summed E-state index contributed by atoms with van der Waals surface area (Å²) in [5.74, 6) is -0.234. The largest absolute Gasteiger partial charge is 0.469 e. The Hall–Kier alpha value is -0.860. The molecule has 3 heteroatoms. The summed E-state index contributed by atoms with van der Waals surface area (Å²) in [5, 5.41) is 0. The van der Waals surface area contributed by atoms with Crippen molar-refractivity contribution in [3.05, 3.63) is 0 Å². The van der Waals surface area contributed by atoms with E-state index in [0.717, 1.165) is 0 Å². The quantitative estimate of drug-likeness (QED) is 0.616. The molecule has 0 aromatic heterocycles. The van der Waals surface area contributed by atoms with Gasteiger partial charge in [-0.05, 0) is 19.8 Å². The first-order valence-electron chi connectivity index (χ1n) is 4.60. The van der Waals surface area contributed by atoms with Crippen LogP contribution in [-0.2, 0) is 14.3 Å². The topological polar surface area (TPSA) is 43.4 Å². The summed E-state index contributed by atoms with van der Waals surface area (Å²) in [4.78, 5) is 22.4. The Morgan fingerprint density at radius 3 is 1.92 bits per heavy atom. The molecule has 0 radical (unpaired) electrons. The Morgan fingerprint density at radius 1 is 1.23 bits per heavy atom. The highest BCUT2D eigenvalue weighted by Gasteiger charge is 2.36. The van der Waals surface area contributed by atoms with Crippen LogP contribution >= 0.6 is 0 Å². The second-order valence-electron chi connectivity index (χ2n) is 3.36. The number of hydrogen-bond acceptors (Lipinski definition) is 3. The van der Waals surface area contributed by atoms with Crippen LogP contribution in [0.25, 0.3) is 0 Å². The number of ketones is 1. The molecule has 0 rings (SSSR count). The molecule has 0 aliphatic rings. The number of carbonyl (C=O) groups excluding carboxylic acids is 2. The van der Waals surface area contributed by atoms with Crippen LogP contribution in [-0.4, -0.2) is 18.9 Å². The van der Waals surface area contributed by atoms with E-state index in [0.29, 0.717) is 12.8 Å². The Bertz CT molecular complexity index is 192. The van der Waals surface area contributed by atoms with Gasteiger partial charge < -0.3 is 4.74 Å². The maximum absolute atomic E-state index is 11.5. The molecule has 0 bridgehead atoms. The van der Waals surface area contributed by atoms with E-state index < -0.39 is 5.41 Å². The van der Waals surface area contributed by atoms with Gasteiger partial charge in [-0.1, -0.05) is 13.8 Å². The fourth-order valence-corrected chi connectivity index (χ4v) is 1.55. The summed E-state index contributed by atoms with van der Waals surface area (Å²) >= 11 is 0. The Balaban J connectivity index is 4.68. The Morgan fingerprint density at radius 2 is 1.69 bits per heavy atom. The molecule has 0 atom stereocenters. The molecule has 0 aliphatic heterocycles. The van der Waals surface area contributed by atoms with Crippen molar-refractivity contribution < 1.29 is 14.3 Å². The molecule has 0 N–H and O–H groups in total. The summed E-state index contributed by atoms with van der Waals surface area (Å²) in [6, 6.07) is 0.